The van der Waals surface area contributed by atoms with E-state index in [1.165, 1.54) is 6.07 Å². The van der Waals surface area contributed by atoms with E-state index in [0.29, 0.717) is 36.9 Å². The van der Waals surface area contributed by atoms with Gasteiger partial charge in [0.05, 0.1) is 24.5 Å². The van der Waals surface area contributed by atoms with Crippen molar-refractivity contribution >= 4 is 5.91 Å². The molecule has 0 bridgehead atoms. The molecule has 1 aliphatic rings. The van der Waals surface area contributed by atoms with E-state index in [1.807, 2.05) is 0 Å². The topological polar surface area (TPSA) is 101 Å². The molecule has 2 aromatic rings. The number of morpholine rings is 1. The van der Waals surface area contributed by atoms with Crippen LogP contribution < -0.4 is 5.56 Å². The summed E-state index contributed by atoms with van der Waals surface area (Å²) in [5, 5.41) is 3.72. The molecule has 0 radical (unpaired) electrons. The summed E-state index contributed by atoms with van der Waals surface area (Å²) in [6.07, 6.45) is -0.428. The molecule has 3 rings (SSSR count). The van der Waals surface area contributed by atoms with Gasteiger partial charge in [-0.25, -0.2) is 4.98 Å². The zero-order chi connectivity index (χ0) is 15.7. The first-order chi connectivity index (χ1) is 10.5. The maximum Gasteiger partial charge on any atom is 0.292 e. The minimum atomic E-state index is -0.428. The van der Waals surface area contributed by atoms with Gasteiger partial charge in [-0.05, 0) is 13.8 Å². The molecule has 1 amide bonds. The average Bonchev–Trinajstić information content (AvgIpc) is 2.92. The van der Waals surface area contributed by atoms with E-state index in [1.54, 1.807) is 24.8 Å². The minimum absolute atomic E-state index is 0.202. The second-order valence-corrected chi connectivity index (χ2v) is 5.20. The highest BCUT2D eigenvalue weighted by Gasteiger charge is 2.29. The van der Waals surface area contributed by atoms with Crippen molar-refractivity contribution in [2.24, 2.45) is 0 Å². The summed E-state index contributed by atoms with van der Waals surface area (Å²) in [4.78, 5) is 32.4. The van der Waals surface area contributed by atoms with Crippen LogP contribution in [0.25, 0.3) is 0 Å². The fourth-order valence-corrected chi connectivity index (χ4v) is 2.40. The van der Waals surface area contributed by atoms with Crippen LogP contribution in [0, 0.1) is 13.8 Å². The number of aromatic amines is 1. The highest BCUT2D eigenvalue weighted by Crippen LogP contribution is 2.21. The number of H-pyrrole nitrogens is 1. The smallest absolute Gasteiger partial charge is 0.292 e. The third kappa shape index (κ3) is 2.91. The van der Waals surface area contributed by atoms with Gasteiger partial charge in [0.15, 0.2) is 0 Å². The number of amides is 1. The normalized spacial score (nSPS) is 18.5. The largest absolute Gasteiger partial charge is 0.368 e. The van der Waals surface area contributed by atoms with E-state index in [4.69, 9.17) is 9.26 Å². The molecule has 0 saturated carbocycles. The number of nitrogens with zero attached hydrogens (tertiary/aromatic N) is 3. The molecule has 1 aliphatic heterocycles. The molecule has 0 aliphatic carbocycles. The van der Waals surface area contributed by atoms with E-state index >= 15 is 0 Å². The molecule has 1 N–H and O–H groups in total. The van der Waals surface area contributed by atoms with Gasteiger partial charge >= 0.3 is 0 Å². The van der Waals surface area contributed by atoms with Crippen LogP contribution in [0.4, 0.5) is 0 Å². The van der Waals surface area contributed by atoms with Crippen LogP contribution >= 0.6 is 0 Å². The Morgan fingerprint density at radius 2 is 2.23 bits per heavy atom. The summed E-state index contributed by atoms with van der Waals surface area (Å²) in [5.74, 6) is 0.476. The molecule has 1 fully saturated rings. The molecule has 8 heteroatoms. The molecule has 22 heavy (non-hydrogen) atoms. The van der Waals surface area contributed by atoms with E-state index in [0.717, 1.165) is 0 Å². The third-order valence-electron chi connectivity index (χ3n) is 3.40. The fraction of sp³-hybridized carbons (Fsp3) is 0.429. The summed E-state index contributed by atoms with van der Waals surface area (Å²) >= 11 is 0. The predicted octanol–water partition coefficient (Wildman–Crippen LogP) is 0.588. The lowest BCUT2D eigenvalue weighted by molar-refractivity contribution is -0.0260. The standard InChI is InChI=1S/C14H16N4O4/c1-8-5-11(22-17-8)14(20)18-3-4-21-12(7-18)10-6-13(19)16-9(2)15-10/h5-6,12H,3-4,7H2,1-2H3,(H,15,16,19). The Balaban J connectivity index is 1.79. The Morgan fingerprint density at radius 3 is 2.91 bits per heavy atom. The van der Waals surface area contributed by atoms with Crippen LogP contribution in [-0.4, -0.2) is 45.6 Å². The van der Waals surface area contributed by atoms with Gasteiger partial charge in [0, 0.05) is 18.7 Å². The van der Waals surface area contributed by atoms with Gasteiger partial charge in [0.2, 0.25) is 5.76 Å². The van der Waals surface area contributed by atoms with Gasteiger partial charge in [0.25, 0.3) is 11.5 Å². The molecule has 8 nitrogen and oxygen atoms in total. The Kier molecular flexibility index (Phi) is 3.76. The SMILES string of the molecule is Cc1cc(C(=O)N2CCOC(c3cc(=O)[nH]c(C)n3)C2)on1. The highest BCUT2D eigenvalue weighted by atomic mass is 16.5. The van der Waals surface area contributed by atoms with Gasteiger partial charge in [0.1, 0.15) is 11.9 Å². The second kappa shape index (κ2) is 5.72. The first-order valence-corrected chi connectivity index (χ1v) is 6.95. The number of rotatable bonds is 2. The number of aromatic nitrogens is 3. The molecule has 0 spiro atoms. The molecule has 3 heterocycles. The van der Waals surface area contributed by atoms with Gasteiger partial charge in [-0.2, -0.15) is 0 Å². The summed E-state index contributed by atoms with van der Waals surface area (Å²) in [6.45, 7) is 4.60. The molecule has 2 aromatic heterocycles. The lowest BCUT2D eigenvalue weighted by Crippen LogP contribution is -2.42. The first-order valence-electron chi connectivity index (χ1n) is 6.95. The third-order valence-corrected chi connectivity index (χ3v) is 3.40. The van der Waals surface area contributed by atoms with Gasteiger partial charge in [-0.1, -0.05) is 5.16 Å². The Hall–Kier alpha value is -2.48. The first kappa shape index (κ1) is 14.5. The van der Waals surface area contributed by atoms with Gasteiger partial charge in [-0.15, -0.1) is 0 Å². The zero-order valence-electron chi connectivity index (χ0n) is 12.3. The van der Waals surface area contributed by atoms with Crippen LogP contribution in [0.1, 0.15) is 33.9 Å². The van der Waals surface area contributed by atoms with Crippen LogP contribution in [0.5, 0.6) is 0 Å². The lowest BCUT2D eigenvalue weighted by atomic mass is 10.2. The highest BCUT2D eigenvalue weighted by molar-refractivity contribution is 5.91. The van der Waals surface area contributed by atoms with Gasteiger partial charge in [-0.3, -0.25) is 9.59 Å². The van der Waals surface area contributed by atoms with Crippen molar-refractivity contribution in [1.82, 2.24) is 20.0 Å². The monoisotopic (exact) mass is 304 g/mol. The maximum atomic E-state index is 12.4. The molecule has 0 aromatic carbocycles. The number of hydrogen-bond acceptors (Lipinski definition) is 6. The molecule has 1 unspecified atom stereocenters. The molecular weight excluding hydrogens is 288 g/mol. The zero-order valence-corrected chi connectivity index (χ0v) is 12.3. The maximum absolute atomic E-state index is 12.4. The quantitative estimate of drug-likeness (QED) is 0.871. The van der Waals surface area contributed by atoms with Crippen molar-refractivity contribution in [2.75, 3.05) is 19.7 Å². The second-order valence-electron chi connectivity index (χ2n) is 5.20. The number of carbonyl (C=O) groups is 1. The summed E-state index contributed by atoms with van der Waals surface area (Å²) in [6, 6.07) is 2.99. The molecular formula is C14H16N4O4. The van der Waals surface area contributed by atoms with Crippen molar-refractivity contribution in [3.8, 4) is 0 Å². The Morgan fingerprint density at radius 1 is 1.41 bits per heavy atom. The van der Waals surface area contributed by atoms with E-state index < -0.39 is 6.10 Å². The molecule has 1 atom stereocenters. The molecule has 1 saturated heterocycles. The summed E-state index contributed by atoms with van der Waals surface area (Å²) in [5.41, 5.74) is 0.938. The summed E-state index contributed by atoms with van der Waals surface area (Å²) in [7, 11) is 0. The minimum Gasteiger partial charge on any atom is -0.368 e. The van der Waals surface area contributed by atoms with E-state index in [9.17, 15) is 9.59 Å². The van der Waals surface area contributed by atoms with Crippen LogP contribution in [0.3, 0.4) is 0 Å². The van der Waals surface area contributed by atoms with Crippen molar-refractivity contribution in [1.29, 1.82) is 0 Å². The number of carbonyl (C=O) groups excluding carboxylic acids is 1. The van der Waals surface area contributed by atoms with Crippen LogP contribution in [0.2, 0.25) is 0 Å². The number of ether oxygens (including phenoxy) is 1. The van der Waals surface area contributed by atoms with Crippen molar-refractivity contribution in [2.45, 2.75) is 20.0 Å². The van der Waals surface area contributed by atoms with E-state index in [-0.39, 0.29) is 17.2 Å². The van der Waals surface area contributed by atoms with Crippen molar-refractivity contribution in [3.05, 3.63) is 45.5 Å². The van der Waals surface area contributed by atoms with Crippen LogP contribution in [0.15, 0.2) is 21.5 Å². The number of nitrogens with one attached hydrogen (secondary N) is 1. The Bertz CT molecular complexity index is 751. The fourth-order valence-electron chi connectivity index (χ4n) is 2.40. The molecule has 116 valence electrons. The van der Waals surface area contributed by atoms with Crippen LogP contribution in [-0.2, 0) is 4.74 Å². The van der Waals surface area contributed by atoms with E-state index in [2.05, 4.69) is 15.1 Å². The summed E-state index contributed by atoms with van der Waals surface area (Å²) < 4.78 is 10.6. The Labute approximate surface area is 126 Å². The predicted molar refractivity (Wildman–Crippen MR) is 75.4 cm³/mol. The van der Waals surface area contributed by atoms with Crippen molar-refractivity contribution < 1.29 is 14.1 Å². The number of aryl methyl sites for hydroxylation is 2. The number of hydrogen-bond donors (Lipinski definition) is 1. The van der Waals surface area contributed by atoms with Crippen molar-refractivity contribution in [3.63, 3.8) is 0 Å². The average molecular weight is 304 g/mol. The lowest BCUT2D eigenvalue weighted by Gasteiger charge is -2.31. The van der Waals surface area contributed by atoms with Gasteiger partial charge < -0.3 is 19.1 Å².